The van der Waals surface area contributed by atoms with Crippen molar-refractivity contribution in [1.29, 1.82) is 0 Å². The van der Waals surface area contributed by atoms with Crippen LogP contribution in [0.4, 0.5) is 4.39 Å². The monoisotopic (exact) mass is 377 g/mol. The normalized spacial score (nSPS) is 19.9. The second kappa shape index (κ2) is 6.15. The molecule has 5 heteroatoms. The van der Waals surface area contributed by atoms with Crippen molar-refractivity contribution in [3.05, 3.63) is 34.1 Å². The van der Waals surface area contributed by atoms with Gasteiger partial charge in [-0.25, -0.2) is 4.39 Å². The molecule has 0 N–H and O–H groups in total. The van der Waals surface area contributed by atoms with Crippen molar-refractivity contribution in [3.8, 4) is 0 Å². The van der Waals surface area contributed by atoms with Crippen LogP contribution in [0.15, 0.2) is 22.7 Å². The van der Waals surface area contributed by atoms with Gasteiger partial charge in [0.1, 0.15) is 5.82 Å². The Morgan fingerprint density at radius 2 is 2.22 bits per heavy atom. The molecule has 1 aromatic carbocycles. The van der Waals surface area contributed by atoms with Gasteiger partial charge in [0.2, 0.25) is 0 Å². The molecule has 1 heterocycles. The van der Waals surface area contributed by atoms with Crippen LogP contribution in [0.25, 0.3) is 0 Å². The number of likely N-dealkylation sites (tertiary alicyclic amines) is 1. The molecule has 1 fully saturated rings. The van der Waals surface area contributed by atoms with E-state index in [4.69, 9.17) is 0 Å². The molecule has 1 atom stereocenters. The number of rotatable bonds is 2. The first kappa shape index (κ1) is 14.0. The molecule has 1 saturated heterocycles. The smallest absolute Gasteiger partial charge is 0.255 e. The fourth-order valence-electron chi connectivity index (χ4n) is 2.25. The summed E-state index contributed by atoms with van der Waals surface area (Å²) in [7, 11) is 0. The van der Waals surface area contributed by atoms with Gasteiger partial charge >= 0.3 is 0 Å². The first-order valence-electron chi connectivity index (χ1n) is 5.96. The van der Waals surface area contributed by atoms with Crippen molar-refractivity contribution in [2.24, 2.45) is 0 Å². The van der Waals surface area contributed by atoms with Crippen LogP contribution in [0.3, 0.4) is 0 Å². The van der Waals surface area contributed by atoms with Crippen LogP contribution in [-0.2, 0) is 0 Å². The van der Waals surface area contributed by atoms with Crippen LogP contribution in [0.2, 0.25) is 0 Å². The number of hydrogen-bond donors (Lipinski definition) is 0. The summed E-state index contributed by atoms with van der Waals surface area (Å²) in [4.78, 5) is 14.3. The molecular formula is C13H14Br2FNO. The van der Waals surface area contributed by atoms with E-state index in [0.29, 0.717) is 5.56 Å². The van der Waals surface area contributed by atoms with Crippen LogP contribution < -0.4 is 0 Å². The lowest BCUT2D eigenvalue weighted by Crippen LogP contribution is -2.44. The van der Waals surface area contributed by atoms with Gasteiger partial charge in [0.05, 0.1) is 10.0 Å². The molecule has 1 unspecified atom stereocenters. The summed E-state index contributed by atoms with van der Waals surface area (Å²) in [6, 6.07) is 4.79. The Hall–Kier alpha value is -0.420. The van der Waals surface area contributed by atoms with Gasteiger partial charge in [0.25, 0.3) is 5.91 Å². The lowest BCUT2D eigenvalue weighted by atomic mass is 10.0. The van der Waals surface area contributed by atoms with E-state index in [9.17, 15) is 9.18 Å². The summed E-state index contributed by atoms with van der Waals surface area (Å²) in [6.45, 7) is 0.748. The molecule has 0 aliphatic carbocycles. The predicted molar refractivity (Wildman–Crippen MR) is 76.6 cm³/mol. The number of hydrogen-bond acceptors (Lipinski definition) is 1. The fraction of sp³-hybridized carbons (Fsp3) is 0.462. The van der Waals surface area contributed by atoms with E-state index in [2.05, 4.69) is 31.9 Å². The third-order valence-corrected chi connectivity index (χ3v) is 4.80. The summed E-state index contributed by atoms with van der Waals surface area (Å²) in [5, 5.41) is 0.770. The van der Waals surface area contributed by atoms with Gasteiger partial charge in [0, 0.05) is 17.9 Å². The second-order valence-corrected chi connectivity index (χ2v) is 5.84. The summed E-state index contributed by atoms with van der Waals surface area (Å²) >= 11 is 6.60. The first-order chi connectivity index (χ1) is 8.65. The highest BCUT2D eigenvalue weighted by molar-refractivity contribution is 9.10. The molecule has 1 aliphatic heterocycles. The minimum atomic E-state index is -0.395. The highest BCUT2D eigenvalue weighted by Gasteiger charge is 2.28. The summed E-state index contributed by atoms with van der Waals surface area (Å²) in [5.41, 5.74) is 0.405. The molecular weight excluding hydrogens is 365 g/mol. The highest BCUT2D eigenvalue weighted by atomic mass is 79.9. The summed E-state index contributed by atoms with van der Waals surface area (Å²) in [5.74, 6) is -0.487. The quantitative estimate of drug-likeness (QED) is 0.713. The average molecular weight is 379 g/mol. The number of halogens is 3. The van der Waals surface area contributed by atoms with E-state index in [1.165, 1.54) is 6.07 Å². The van der Waals surface area contributed by atoms with Crippen molar-refractivity contribution >= 4 is 37.8 Å². The Morgan fingerprint density at radius 1 is 1.44 bits per heavy atom. The molecule has 0 aromatic heterocycles. The number of benzene rings is 1. The third kappa shape index (κ3) is 2.77. The van der Waals surface area contributed by atoms with E-state index in [0.717, 1.165) is 31.1 Å². The standard InChI is InChI=1S/C13H14Br2FNO/c14-8-9-4-1-2-7-17(9)13(18)10-5-3-6-11(16)12(10)15/h3,5-6,9H,1-2,4,7-8H2. The molecule has 2 rings (SSSR count). The lowest BCUT2D eigenvalue weighted by Gasteiger charge is -2.35. The van der Waals surface area contributed by atoms with Gasteiger partial charge < -0.3 is 4.90 Å². The van der Waals surface area contributed by atoms with E-state index in [1.807, 2.05) is 4.90 Å². The molecule has 0 spiro atoms. The second-order valence-electron chi connectivity index (χ2n) is 4.40. The van der Waals surface area contributed by atoms with E-state index < -0.39 is 5.82 Å². The zero-order chi connectivity index (χ0) is 13.1. The fourth-order valence-corrected chi connectivity index (χ4v) is 3.36. The average Bonchev–Trinajstić information content (AvgIpc) is 2.41. The Kier molecular flexibility index (Phi) is 4.78. The minimum absolute atomic E-state index is 0.0921. The Labute approximate surface area is 123 Å². The maximum atomic E-state index is 13.5. The van der Waals surface area contributed by atoms with Gasteiger partial charge in [-0.3, -0.25) is 4.79 Å². The number of piperidine rings is 1. The summed E-state index contributed by atoms with van der Waals surface area (Å²) < 4.78 is 13.7. The van der Waals surface area contributed by atoms with Crippen LogP contribution in [-0.4, -0.2) is 28.7 Å². The zero-order valence-corrected chi connectivity index (χ0v) is 13.0. The van der Waals surface area contributed by atoms with Gasteiger partial charge in [-0.15, -0.1) is 0 Å². The largest absolute Gasteiger partial charge is 0.335 e. The predicted octanol–water partition coefficient (Wildman–Crippen LogP) is 3.98. The number of alkyl halides is 1. The Balaban J connectivity index is 2.27. The van der Waals surface area contributed by atoms with Gasteiger partial charge in [-0.05, 0) is 47.3 Å². The van der Waals surface area contributed by atoms with Crippen LogP contribution >= 0.6 is 31.9 Å². The maximum Gasteiger partial charge on any atom is 0.255 e. The Morgan fingerprint density at radius 3 is 2.94 bits per heavy atom. The molecule has 0 saturated carbocycles. The lowest BCUT2D eigenvalue weighted by molar-refractivity contribution is 0.0640. The van der Waals surface area contributed by atoms with Crippen molar-refractivity contribution in [1.82, 2.24) is 4.90 Å². The van der Waals surface area contributed by atoms with Crippen LogP contribution in [0.1, 0.15) is 29.6 Å². The summed E-state index contributed by atoms with van der Waals surface area (Å²) in [6.07, 6.45) is 3.16. The zero-order valence-electron chi connectivity index (χ0n) is 9.83. The minimum Gasteiger partial charge on any atom is -0.335 e. The van der Waals surface area contributed by atoms with Crippen LogP contribution in [0.5, 0.6) is 0 Å². The van der Waals surface area contributed by atoms with Gasteiger partial charge in [-0.2, -0.15) is 0 Å². The molecule has 2 nitrogen and oxygen atoms in total. The van der Waals surface area contributed by atoms with Crippen molar-refractivity contribution in [2.45, 2.75) is 25.3 Å². The number of amides is 1. The van der Waals surface area contributed by atoms with Crippen LogP contribution in [0, 0.1) is 5.82 Å². The molecule has 0 radical (unpaired) electrons. The molecule has 1 amide bonds. The van der Waals surface area contributed by atoms with E-state index in [-0.39, 0.29) is 16.4 Å². The molecule has 98 valence electrons. The van der Waals surface area contributed by atoms with Crippen molar-refractivity contribution < 1.29 is 9.18 Å². The molecule has 1 aliphatic rings. The number of carbonyl (C=O) groups excluding carboxylic acids is 1. The number of carbonyl (C=O) groups is 1. The topological polar surface area (TPSA) is 20.3 Å². The number of nitrogens with zero attached hydrogens (tertiary/aromatic N) is 1. The van der Waals surface area contributed by atoms with Crippen molar-refractivity contribution in [3.63, 3.8) is 0 Å². The molecule has 0 bridgehead atoms. The first-order valence-corrected chi connectivity index (χ1v) is 7.87. The Bertz CT molecular complexity index is 453. The molecule has 18 heavy (non-hydrogen) atoms. The maximum absolute atomic E-state index is 13.5. The van der Waals surface area contributed by atoms with Crippen molar-refractivity contribution in [2.75, 3.05) is 11.9 Å². The van der Waals surface area contributed by atoms with E-state index >= 15 is 0 Å². The van der Waals surface area contributed by atoms with Gasteiger partial charge in [0.15, 0.2) is 0 Å². The highest BCUT2D eigenvalue weighted by Crippen LogP contribution is 2.26. The van der Waals surface area contributed by atoms with Gasteiger partial charge in [-0.1, -0.05) is 22.0 Å². The molecule has 1 aromatic rings. The SMILES string of the molecule is O=C(c1cccc(F)c1Br)N1CCCCC1CBr. The van der Waals surface area contributed by atoms with E-state index in [1.54, 1.807) is 12.1 Å². The third-order valence-electron chi connectivity index (χ3n) is 3.25.